The molecule has 108 valence electrons. The highest BCUT2D eigenvalue weighted by atomic mass is 79.9. The molecule has 1 aromatic heterocycles. The number of carbonyl (C=O) groups is 2. The topological polar surface area (TPSA) is 51.1 Å². The van der Waals surface area contributed by atoms with Crippen LogP contribution >= 0.6 is 15.9 Å². The number of amides is 1. The lowest BCUT2D eigenvalue weighted by atomic mass is 10.1. The molecule has 1 fully saturated rings. The lowest BCUT2D eigenvalue weighted by molar-refractivity contribution is 0.100. The summed E-state index contributed by atoms with van der Waals surface area (Å²) >= 11 is 3.42. The number of nitrogens with zero attached hydrogens (tertiary/aromatic N) is 1. The van der Waals surface area contributed by atoms with E-state index in [1.165, 1.54) is 6.92 Å². The van der Waals surface area contributed by atoms with Gasteiger partial charge in [0.1, 0.15) is 5.69 Å². The zero-order chi connectivity index (χ0) is 15.0. The van der Waals surface area contributed by atoms with Gasteiger partial charge in [-0.05, 0) is 53.9 Å². The van der Waals surface area contributed by atoms with E-state index in [1.807, 2.05) is 16.8 Å². The number of aromatic nitrogens is 1. The van der Waals surface area contributed by atoms with Crippen LogP contribution in [0.25, 0.3) is 0 Å². The van der Waals surface area contributed by atoms with Gasteiger partial charge in [0.25, 0.3) is 5.91 Å². The third kappa shape index (κ3) is 3.08. The minimum Gasteiger partial charge on any atom is -0.339 e. The van der Waals surface area contributed by atoms with Gasteiger partial charge in [0.2, 0.25) is 0 Å². The molecular formula is C16H15BrN2O2. The number of halogens is 1. The van der Waals surface area contributed by atoms with Gasteiger partial charge in [-0.2, -0.15) is 0 Å². The number of hydrogen-bond donors (Lipinski definition) is 1. The number of anilines is 1. The van der Waals surface area contributed by atoms with Crippen LogP contribution in [0, 0.1) is 0 Å². The molecule has 0 spiro atoms. The van der Waals surface area contributed by atoms with E-state index < -0.39 is 0 Å². The van der Waals surface area contributed by atoms with Crippen LogP contribution in [0.15, 0.2) is 41.0 Å². The number of benzene rings is 1. The van der Waals surface area contributed by atoms with Crippen molar-refractivity contribution in [1.29, 1.82) is 0 Å². The Morgan fingerprint density at radius 3 is 2.71 bits per heavy atom. The van der Waals surface area contributed by atoms with Crippen LogP contribution in [-0.4, -0.2) is 16.3 Å². The minimum atomic E-state index is -0.159. The van der Waals surface area contributed by atoms with E-state index in [1.54, 1.807) is 24.3 Å². The van der Waals surface area contributed by atoms with Crippen LogP contribution in [0.3, 0.4) is 0 Å². The van der Waals surface area contributed by atoms with Crippen LogP contribution in [0.5, 0.6) is 0 Å². The molecule has 1 heterocycles. The van der Waals surface area contributed by atoms with Gasteiger partial charge in [-0.25, -0.2) is 0 Å². The second-order valence-electron chi connectivity index (χ2n) is 5.27. The van der Waals surface area contributed by atoms with Crippen molar-refractivity contribution >= 4 is 33.3 Å². The van der Waals surface area contributed by atoms with Crippen molar-refractivity contribution in [3.05, 3.63) is 52.3 Å². The highest BCUT2D eigenvalue weighted by Gasteiger charge is 2.27. The molecule has 2 aromatic rings. The Kier molecular flexibility index (Phi) is 3.68. The predicted octanol–water partition coefficient (Wildman–Crippen LogP) is 4.04. The molecule has 0 saturated heterocycles. The Hall–Kier alpha value is -1.88. The Morgan fingerprint density at radius 2 is 2.05 bits per heavy atom. The Bertz CT molecular complexity index is 717. The van der Waals surface area contributed by atoms with E-state index >= 15 is 0 Å². The zero-order valence-corrected chi connectivity index (χ0v) is 13.2. The number of carbonyl (C=O) groups excluding carboxylic acids is 2. The summed E-state index contributed by atoms with van der Waals surface area (Å²) in [5.41, 5.74) is 1.86. The van der Waals surface area contributed by atoms with Crippen molar-refractivity contribution in [2.24, 2.45) is 0 Å². The largest absolute Gasteiger partial charge is 0.339 e. The van der Waals surface area contributed by atoms with Gasteiger partial charge in [-0.1, -0.05) is 12.1 Å². The Morgan fingerprint density at radius 1 is 1.29 bits per heavy atom. The fraction of sp³-hybridized carbons (Fsp3) is 0.250. The number of nitrogens with one attached hydrogen (secondary N) is 1. The van der Waals surface area contributed by atoms with Gasteiger partial charge >= 0.3 is 0 Å². The fourth-order valence-electron chi connectivity index (χ4n) is 2.29. The maximum absolute atomic E-state index is 12.4. The van der Waals surface area contributed by atoms with Crippen LogP contribution in [0.1, 0.15) is 46.7 Å². The van der Waals surface area contributed by atoms with Gasteiger partial charge in [0, 0.05) is 28.0 Å². The van der Waals surface area contributed by atoms with Gasteiger partial charge in [0.15, 0.2) is 5.78 Å². The molecule has 0 radical (unpaired) electrons. The summed E-state index contributed by atoms with van der Waals surface area (Å²) < 4.78 is 2.91. The number of Topliss-reactive ketones (excluding diaryl/α,β-unsaturated/α-hetero) is 1. The second-order valence-corrected chi connectivity index (χ2v) is 6.19. The fourth-order valence-corrected chi connectivity index (χ4v) is 2.73. The standard InChI is InChI=1S/C16H15BrN2O2/c1-10(20)11-3-2-4-13(7-11)18-16(21)15-8-12(17)9-19(15)14-5-6-14/h2-4,7-9,14H,5-6H2,1H3,(H,18,21). The van der Waals surface area contributed by atoms with Crippen molar-refractivity contribution < 1.29 is 9.59 Å². The maximum atomic E-state index is 12.4. The lowest BCUT2D eigenvalue weighted by Gasteiger charge is -2.09. The average molecular weight is 347 g/mol. The van der Waals surface area contributed by atoms with E-state index in [0.29, 0.717) is 23.0 Å². The molecule has 1 saturated carbocycles. The van der Waals surface area contributed by atoms with E-state index in [9.17, 15) is 9.59 Å². The summed E-state index contributed by atoms with van der Waals surface area (Å²) in [6, 6.07) is 9.23. The molecule has 1 N–H and O–H groups in total. The molecular weight excluding hydrogens is 332 g/mol. The molecule has 1 amide bonds. The third-order valence-corrected chi connectivity index (χ3v) is 3.95. The third-order valence-electron chi connectivity index (χ3n) is 3.52. The molecule has 21 heavy (non-hydrogen) atoms. The van der Waals surface area contributed by atoms with Crippen molar-refractivity contribution in [3.8, 4) is 0 Å². The van der Waals surface area contributed by atoms with Crippen molar-refractivity contribution in [3.63, 3.8) is 0 Å². The SMILES string of the molecule is CC(=O)c1cccc(NC(=O)c2cc(Br)cn2C2CC2)c1. The summed E-state index contributed by atoms with van der Waals surface area (Å²) in [6.07, 6.45) is 4.17. The first-order valence-corrected chi connectivity index (χ1v) is 7.63. The summed E-state index contributed by atoms with van der Waals surface area (Å²) in [5, 5.41) is 2.86. The normalized spacial score (nSPS) is 14.0. The first-order valence-electron chi connectivity index (χ1n) is 6.84. The van der Waals surface area contributed by atoms with Crippen LogP contribution in [-0.2, 0) is 0 Å². The highest BCUT2D eigenvalue weighted by molar-refractivity contribution is 9.10. The van der Waals surface area contributed by atoms with Crippen LogP contribution in [0.4, 0.5) is 5.69 Å². The van der Waals surface area contributed by atoms with E-state index in [-0.39, 0.29) is 11.7 Å². The summed E-state index contributed by atoms with van der Waals surface area (Å²) in [6.45, 7) is 1.51. The number of ketones is 1. The van der Waals surface area contributed by atoms with Gasteiger partial charge in [-0.3, -0.25) is 9.59 Å². The maximum Gasteiger partial charge on any atom is 0.272 e. The minimum absolute atomic E-state index is 0.0183. The molecule has 0 bridgehead atoms. The molecule has 1 aromatic carbocycles. The molecule has 0 aliphatic heterocycles. The van der Waals surface area contributed by atoms with E-state index in [0.717, 1.165) is 17.3 Å². The molecule has 4 nitrogen and oxygen atoms in total. The number of rotatable bonds is 4. The summed E-state index contributed by atoms with van der Waals surface area (Å²) in [5.74, 6) is -0.177. The summed E-state index contributed by atoms with van der Waals surface area (Å²) in [7, 11) is 0. The smallest absolute Gasteiger partial charge is 0.272 e. The van der Waals surface area contributed by atoms with Gasteiger partial charge in [0.05, 0.1) is 0 Å². The molecule has 3 rings (SSSR count). The monoisotopic (exact) mass is 346 g/mol. The quantitative estimate of drug-likeness (QED) is 0.849. The molecule has 0 unspecified atom stereocenters. The van der Waals surface area contributed by atoms with Crippen LogP contribution in [0.2, 0.25) is 0 Å². The molecule has 5 heteroatoms. The Balaban J connectivity index is 1.83. The van der Waals surface area contributed by atoms with Gasteiger partial charge in [-0.15, -0.1) is 0 Å². The van der Waals surface area contributed by atoms with Crippen molar-refractivity contribution in [2.45, 2.75) is 25.8 Å². The van der Waals surface area contributed by atoms with Gasteiger partial charge < -0.3 is 9.88 Å². The first-order chi connectivity index (χ1) is 10.0. The first kappa shape index (κ1) is 14.1. The van der Waals surface area contributed by atoms with E-state index in [2.05, 4.69) is 21.2 Å². The molecule has 1 aliphatic carbocycles. The molecule has 0 atom stereocenters. The van der Waals surface area contributed by atoms with Crippen molar-refractivity contribution in [2.75, 3.05) is 5.32 Å². The summed E-state index contributed by atoms with van der Waals surface area (Å²) in [4.78, 5) is 23.8. The second kappa shape index (κ2) is 5.48. The zero-order valence-electron chi connectivity index (χ0n) is 11.6. The average Bonchev–Trinajstić information content (AvgIpc) is 3.21. The van der Waals surface area contributed by atoms with Crippen LogP contribution < -0.4 is 5.32 Å². The molecule has 1 aliphatic rings. The van der Waals surface area contributed by atoms with E-state index in [4.69, 9.17) is 0 Å². The predicted molar refractivity (Wildman–Crippen MR) is 84.8 cm³/mol. The Labute approximate surface area is 131 Å². The highest BCUT2D eigenvalue weighted by Crippen LogP contribution is 2.37. The lowest BCUT2D eigenvalue weighted by Crippen LogP contribution is -2.16. The number of hydrogen-bond acceptors (Lipinski definition) is 2. The van der Waals surface area contributed by atoms with Crippen molar-refractivity contribution in [1.82, 2.24) is 4.57 Å².